The zero-order valence-corrected chi connectivity index (χ0v) is 16.7. The van der Waals surface area contributed by atoms with E-state index in [0.717, 1.165) is 27.4 Å². The molecule has 0 saturated carbocycles. The maximum atomic E-state index is 13.4. The second-order valence-corrected chi connectivity index (χ2v) is 8.05. The van der Waals surface area contributed by atoms with Gasteiger partial charge in [-0.25, -0.2) is 0 Å². The van der Waals surface area contributed by atoms with Crippen LogP contribution in [-0.2, 0) is 22.7 Å². The van der Waals surface area contributed by atoms with Crippen molar-refractivity contribution in [3.63, 3.8) is 0 Å². The van der Waals surface area contributed by atoms with E-state index in [4.69, 9.17) is 0 Å². The lowest BCUT2D eigenvalue weighted by Crippen LogP contribution is -2.57. The molecule has 28 heavy (non-hydrogen) atoms. The molecule has 0 radical (unpaired) electrons. The van der Waals surface area contributed by atoms with Gasteiger partial charge in [-0.2, -0.15) is 4.57 Å². The molecule has 2 aromatic heterocycles. The fraction of sp³-hybridized carbons (Fsp3) is 0.227. The van der Waals surface area contributed by atoms with Crippen LogP contribution in [0.2, 0.25) is 0 Å². The lowest BCUT2D eigenvalue weighted by atomic mass is 10.0. The fourth-order valence-electron chi connectivity index (χ4n) is 3.65. The fourth-order valence-corrected chi connectivity index (χ4v) is 4.35. The number of thiophene rings is 1. The average molecular weight is 393 g/mol. The van der Waals surface area contributed by atoms with Gasteiger partial charge in [-0.15, -0.1) is 11.3 Å². The SMILES string of the molecule is Cc1cccc(C)c1NC(=O)[C@H]1c2cccc[n+]2CC(=O)N1Cc1cccs1. The molecule has 0 spiro atoms. The topological polar surface area (TPSA) is 53.3 Å². The molecule has 0 fully saturated rings. The molecule has 142 valence electrons. The van der Waals surface area contributed by atoms with Crippen molar-refractivity contribution in [2.24, 2.45) is 0 Å². The minimum Gasteiger partial charge on any atom is -0.323 e. The van der Waals surface area contributed by atoms with Crippen molar-refractivity contribution in [3.05, 3.63) is 81.8 Å². The lowest BCUT2D eigenvalue weighted by Gasteiger charge is -2.32. The molecule has 1 aromatic carbocycles. The number of benzene rings is 1. The van der Waals surface area contributed by atoms with Crippen LogP contribution >= 0.6 is 11.3 Å². The van der Waals surface area contributed by atoms with E-state index in [9.17, 15) is 9.59 Å². The molecule has 3 heterocycles. The molecule has 0 saturated heterocycles. The van der Waals surface area contributed by atoms with Crippen LogP contribution in [0.4, 0.5) is 5.69 Å². The smallest absolute Gasteiger partial charge is 0.290 e. The molecule has 1 aliphatic heterocycles. The number of nitrogens with one attached hydrogen (secondary N) is 1. The first-order valence-electron chi connectivity index (χ1n) is 9.22. The predicted octanol–water partition coefficient (Wildman–Crippen LogP) is 3.37. The number of aryl methyl sites for hydroxylation is 2. The van der Waals surface area contributed by atoms with Crippen molar-refractivity contribution in [3.8, 4) is 0 Å². The first-order chi connectivity index (χ1) is 13.5. The Morgan fingerprint density at radius 1 is 1.14 bits per heavy atom. The monoisotopic (exact) mass is 392 g/mol. The Kier molecular flexibility index (Phi) is 4.96. The second kappa shape index (κ2) is 7.56. The third-order valence-electron chi connectivity index (χ3n) is 5.08. The summed E-state index contributed by atoms with van der Waals surface area (Å²) in [6, 6.07) is 14.9. The molecule has 0 aliphatic carbocycles. The minimum absolute atomic E-state index is 0.0567. The number of carbonyl (C=O) groups is 2. The molecule has 1 atom stereocenters. The van der Waals surface area contributed by atoms with Crippen LogP contribution in [0.15, 0.2) is 60.1 Å². The molecule has 0 unspecified atom stereocenters. The molecule has 4 rings (SSSR count). The molecule has 1 aliphatic rings. The van der Waals surface area contributed by atoms with E-state index in [2.05, 4.69) is 5.32 Å². The average Bonchev–Trinajstić information content (AvgIpc) is 3.18. The number of pyridine rings is 1. The Morgan fingerprint density at radius 2 is 1.93 bits per heavy atom. The number of hydrogen-bond acceptors (Lipinski definition) is 3. The number of amides is 2. The summed E-state index contributed by atoms with van der Waals surface area (Å²) in [5.74, 6) is -0.249. The van der Waals surface area contributed by atoms with Gasteiger partial charge in [0.2, 0.25) is 12.2 Å². The number of para-hydroxylation sites is 1. The second-order valence-electron chi connectivity index (χ2n) is 7.01. The van der Waals surface area contributed by atoms with Gasteiger partial charge in [-0.3, -0.25) is 9.59 Å². The van der Waals surface area contributed by atoms with Gasteiger partial charge in [0.05, 0.1) is 6.54 Å². The summed E-state index contributed by atoms with van der Waals surface area (Å²) in [6.45, 7) is 4.62. The van der Waals surface area contributed by atoms with Gasteiger partial charge < -0.3 is 10.2 Å². The van der Waals surface area contributed by atoms with Gasteiger partial charge in [0.25, 0.3) is 11.8 Å². The number of fused-ring (bicyclic) bond motifs is 1. The van der Waals surface area contributed by atoms with Gasteiger partial charge in [-0.1, -0.05) is 30.3 Å². The van der Waals surface area contributed by atoms with E-state index < -0.39 is 6.04 Å². The van der Waals surface area contributed by atoms with Gasteiger partial charge in [0.15, 0.2) is 12.2 Å². The highest BCUT2D eigenvalue weighted by atomic mass is 32.1. The molecule has 5 nitrogen and oxygen atoms in total. The van der Waals surface area contributed by atoms with Crippen LogP contribution in [0.3, 0.4) is 0 Å². The highest BCUT2D eigenvalue weighted by Crippen LogP contribution is 2.28. The zero-order valence-electron chi connectivity index (χ0n) is 15.9. The lowest BCUT2D eigenvalue weighted by molar-refractivity contribution is -0.698. The number of nitrogens with zero attached hydrogens (tertiary/aromatic N) is 2. The quantitative estimate of drug-likeness (QED) is 0.692. The molecule has 0 bridgehead atoms. The maximum absolute atomic E-state index is 13.4. The van der Waals surface area contributed by atoms with Crippen molar-refractivity contribution in [1.82, 2.24) is 4.90 Å². The van der Waals surface area contributed by atoms with Crippen molar-refractivity contribution < 1.29 is 14.2 Å². The Balaban J connectivity index is 1.72. The Hall–Kier alpha value is -2.99. The van der Waals surface area contributed by atoms with Gasteiger partial charge in [0.1, 0.15) is 0 Å². The van der Waals surface area contributed by atoms with E-state index in [0.29, 0.717) is 6.54 Å². The molecule has 1 N–H and O–H groups in total. The number of carbonyl (C=O) groups excluding carboxylic acids is 2. The summed E-state index contributed by atoms with van der Waals surface area (Å²) in [6.07, 6.45) is 1.86. The summed E-state index contributed by atoms with van der Waals surface area (Å²) in [5.41, 5.74) is 3.63. The summed E-state index contributed by atoms with van der Waals surface area (Å²) < 4.78 is 1.86. The van der Waals surface area contributed by atoms with E-state index in [1.165, 1.54) is 0 Å². The van der Waals surface area contributed by atoms with Crippen LogP contribution in [0, 0.1) is 13.8 Å². The first kappa shape index (κ1) is 18.4. The Bertz CT molecular complexity index is 1010. The van der Waals surface area contributed by atoms with E-state index >= 15 is 0 Å². The van der Waals surface area contributed by atoms with Crippen molar-refractivity contribution in [1.29, 1.82) is 0 Å². The van der Waals surface area contributed by atoms with Crippen LogP contribution in [-0.4, -0.2) is 16.7 Å². The highest BCUT2D eigenvalue weighted by molar-refractivity contribution is 7.09. The normalized spacial score (nSPS) is 16.0. The predicted molar refractivity (Wildman–Crippen MR) is 109 cm³/mol. The maximum Gasteiger partial charge on any atom is 0.290 e. The van der Waals surface area contributed by atoms with Crippen LogP contribution in [0.25, 0.3) is 0 Å². The highest BCUT2D eigenvalue weighted by Gasteiger charge is 2.43. The first-order valence-corrected chi connectivity index (χ1v) is 10.1. The van der Waals surface area contributed by atoms with Crippen LogP contribution < -0.4 is 9.88 Å². The van der Waals surface area contributed by atoms with E-state index in [1.807, 2.05) is 78.5 Å². The van der Waals surface area contributed by atoms with Gasteiger partial charge in [0, 0.05) is 22.7 Å². The summed E-state index contributed by atoms with van der Waals surface area (Å²) in [5, 5.41) is 5.06. The third kappa shape index (κ3) is 3.43. The number of rotatable bonds is 4. The van der Waals surface area contributed by atoms with Crippen molar-refractivity contribution in [2.75, 3.05) is 5.32 Å². The minimum atomic E-state index is -0.677. The molecular formula is C22H22N3O2S+. The standard InChI is InChI=1S/C22H21N3O2S/c1-15-7-5-8-16(2)20(15)23-22(27)21-18-10-3-4-11-24(18)14-19(26)25(21)13-17-9-6-12-28-17/h3-12,21H,13-14H2,1-2H3/p+1/t21-/m1/s1. The van der Waals surface area contributed by atoms with Crippen LogP contribution in [0.1, 0.15) is 27.7 Å². The summed E-state index contributed by atoms with van der Waals surface area (Å²) >= 11 is 1.59. The number of anilines is 1. The third-order valence-corrected chi connectivity index (χ3v) is 5.94. The Labute approximate surface area is 168 Å². The molecular weight excluding hydrogens is 370 g/mol. The molecule has 2 amide bonds. The summed E-state index contributed by atoms with van der Waals surface area (Å²) in [7, 11) is 0. The van der Waals surface area contributed by atoms with Crippen molar-refractivity contribution in [2.45, 2.75) is 33.0 Å². The van der Waals surface area contributed by atoms with Crippen LogP contribution in [0.5, 0.6) is 0 Å². The zero-order chi connectivity index (χ0) is 19.7. The Morgan fingerprint density at radius 3 is 2.64 bits per heavy atom. The number of hydrogen-bond donors (Lipinski definition) is 1. The molecule has 3 aromatic rings. The van der Waals surface area contributed by atoms with Gasteiger partial charge >= 0.3 is 0 Å². The largest absolute Gasteiger partial charge is 0.323 e. The van der Waals surface area contributed by atoms with E-state index in [1.54, 1.807) is 16.2 Å². The molecule has 6 heteroatoms. The van der Waals surface area contributed by atoms with Gasteiger partial charge in [-0.05, 0) is 36.4 Å². The van der Waals surface area contributed by atoms with E-state index in [-0.39, 0.29) is 18.4 Å². The number of aromatic nitrogens is 1. The summed E-state index contributed by atoms with van der Waals surface area (Å²) in [4.78, 5) is 29.1. The van der Waals surface area contributed by atoms with Crippen molar-refractivity contribution >= 4 is 28.8 Å².